The Morgan fingerprint density at radius 2 is 1.75 bits per heavy atom. The monoisotopic (exact) mass is 442 g/mol. The molecular weight excluding hydrogens is 421 g/mol. The Morgan fingerprint density at radius 3 is 2.41 bits per heavy atom. The van der Waals surface area contributed by atoms with Crippen molar-refractivity contribution in [2.24, 2.45) is 0 Å². The van der Waals surface area contributed by atoms with Crippen LogP contribution in [0.4, 0.5) is 24.5 Å². The Bertz CT molecular complexity index is 1130. The van der Waals surface area contributed by atoms with Crippen molar-refractivity contribution >= 4 is 17.3 Å². The molecule has 1 saturated heterocycles. The number of hydrogen-bond donors (Lipinski definition) is 1. The fraction of sp³-hybridized carbons (Fsp3) is 0.208. The predicted molar refractivity (Wildman–Crippen MR) is 115 cm³/mol. The van der Waals surface area contributed by atoms with Gasteiger partial charge in [-0.05, 0) is 60.2 Å². The molecule has 0 aromatic heterocycles. The minimum absolute atomic E-state index is 0.0124. The van der Waals surface area contributed by atoms with Crippen molar-refractivity contribution in [3.8, 4) is 17.2 Å². The molecule has 8 heteroatoms. The molecule has 0 aliphatic carbocycles. The van der Waals surface area contributed by atoms with Gasteiger partial charge in [-0.1, -0.05) is 12.1 Å². The molecule has 1 atom stereocenters. The minimum atomic E-state index is -4.42. The van der Waals surface area contributed by atoms with Crippen molar-refractivity contribution in [1.82, 2.24) is 0 Å². The molecule has 32 heavy (non-hydrogen) atoms. The minimum Gasteiger partial charge on any atom is -0.493 e. The van der Waals surface area contributed by atoms with Gasteiger partial charge >= 0.3 is 6.18 Å². The van der Waals surface area contributed by atoms with E-state index in [9.17, 15) is 18.0 Å². The summed E-state index contributed by atoms with van der Waals surface area (Å²) in [5, 5.41) is 0. The quantitative estimate of drug-likeness (QED) is 0.522. The molecule has 3 aromatic carbocycles. The van der Waals surface area contributed by atoms with Crippen molar-refractivity contribution in [2.45, 2.75) is 18.5 Å². The molecule has 2 N–H and O–H groups in total. The highest BCUT2D eigenvalue weighted by Crippen LogP contribution is 2.39. The number of benzene rings is 3. The second-order valence-electron chi connectivity index (χ2n) is 7.53. The smallest absolute Gasteiger partial charge is 0.416 e. The third-order valence-electron chi connectivity index (χ3n) is 5.38. The first-order valence-electron chi connectivity index (χ1n) is 9.93. The zero-order valence-corrected chi connectivity index (χ0v) is 17.2. The van der Waals surface area contributed by atoms with E-state index in [0.29, 0.717) is 30.2 Å². The molecule has 0 radical (unpaired) electrons. The number of carbonyl (C=O) groups is 1. The molecule has 3 aromatic rings. The first-order chi connectivity index (χ1) is 15.2. The van der Waals surface area contributed by atoms with Gasteiger partial charge in [-0.15, -0.1) is 0 Å². The molecule has 0 bridgehead atoms. The first kappa shape index (κ1) is 21.5. The van der Waals surface area contributed by atoms with Crippen LogP contribution in [0.3, 0.4) is 0 Å². The van der Waals surface area contributed by atoms with Gasteiger partial charge in [0.25, 0.3) is 0 Å². The summed E-state index contributed by atoms with van der Waals surface area (Å²) in [6.07, 6.45) is -4.10. The van der Waals surface area contributed by atoms with Gasteiger partial charge in [0.05, 0.1) is 12.7 Å². The molecule has 1 amide bonds. The topological polar surface area (TPSA) is 64.8 Å². The van der Waals surface area contributed by atoms with Crippen molar-refractivity contribution < 1.29 is 27.4 Å². The standard InChI is InChI=1S/C24H21F3N2O3/c1-31-21-10-5-15(11-22(21)32-20-8-6-17(7-9-20)24(25,26)27)16-12-23(30)29(14-16)19-4-2-3-18(28)13-19/h2-11,13,16H,12,14,28H2,1H3/t16-/m0/s1. The SMILES string of the molecule is COc1ccc([C@H]2CC(=O)N(c3cccc(N)c3)C2)cc1Oc1ccc(C(F)(F)F)cc1. The molecule has 5 nitrogen and oxygen atoms in total. The van der Waals surface area contributed by atoms with E-state index in [2.05, 4.69) is 0 Å². The van der Waals surface area contributed by atoms with Crippen LogP contribution in [0.25, 0.3) is 0 Å². The van der Waals surface area contributed by atoms with E-state index >= 15 is 0 Å². The Morgan fingerprint density at radius 1 is 1.00 bits per heavy atom. The van der Waals surface area contributed by atoms with E-state index in [1.54, 1.807) is 35.2 Å². The first-order valence-corrected chi connectivity index (χ1v) is 9.93. The van der Waals surface area contributed by atoms with Gasteiger partial charge in [-0.2, -0.15) is 13.2 Å². The summed E-state index contributed by atoms with van der Waals surface area (Å²) >= 11 is 0. The van der Waals surface area contributed by atoms with Crippen LogP contribution < -0.4 is 20.1 Å². The molecule has 1 aliphatic rings. The lowest BCUT2D eigenvalue weighted by Crippen LogP contribution is -2.24. The number of amides is 1. The largest absolute Gasteiger partial charge is 0.493 e. The fourth-order valence-electron chi connectivity index (χ4n) is 3.74. The van der Waals surface area contributed by atoms with Gasteiger partial charge in [0, 0.05) is 30.3 Å². The number of anilines is 2. The van der Waals surface area contributed by atoms with Crippen LogP contribution in [-0.2, 0) is 11.0 Å². The number of halogens is 3. The highest BCUT2D eigenvalue weighted by molar-refractivity contribution is 5.96. The fourth-order valence-corrected chi connectivity index (χ4v) is 3.74. The average molecular weight is 442 g/mol. The Labute approximate surface area is 183 Å². The summed E-state index contributed by atoms with van der Waals surface area (Å²) in [6, 6.07) is 16.9. The number of methoxy groups -OCH3 is 1. The van der Waals surface area contributed by atoms with Crippen LogP contribution in [-0.4, -0.2) is 19.6 Å². The highest BCUT2D eigenvalue weighted by Gasteiger charge is 2.32. The summed E-state index contributed by atoms with van der Waals surface area (Å²) in [6.45, 7) is 0.480. The number of nitrogens with two attached hydrogens (primary N) is 1. The van der Waals surface area contributed by atoms with E-state index in [-0.39, 0.29) is 17.6 Å². The lowest BCUT2D eigenvalue weighted by molar-refractivity contribution is -0.137. The number of rotatable bonds is 5. The molecule has 0 unspecified atom stereocenters. The van der Waals surface area contributed by atoms with E-state index in [4.69, 9.17) is 15.2 Å². The zero-order chi connectivity index (χ0) is 22.9. The number of nitrogens with zero attached hydrogens (tertiary/aromatic N) is 1. The van der Waals surface area contributed by atoms with Gasteiger partial charge in [0.15, 0.2) is 11.5 Å². The molecule has 0 spiro atoms. The summed E-state index contributed by atoms with van der Waals surface area (Å²) in [5.74, 6) is 0.953. The van der Waals surface area contributed by atoms with Crippen LogP contribution >= 0.6 is 0 Å². The third-order valence-corrected chi connectivity index (χ3v) is 5.38. The van der Waals surface area contributed by atoms with Crippen molar-refractivity contribution in [3.63, 3.8) is 0 Å². The van der Waals surface area contributed by atoms with Gasteiger partial charge in [-0.3, -0.25) is 4.79 Å². The van der Waals surface area contributed by atoms with E-state index in [1.807, 2.05) is 12.1 Å². The maximum Gasteiger partial charge on any atom is 0.416 e. The normalized spacial score (nSPS) is 16.3. The molecular formula is C24H21F3N2O3. The summed E-state index contributed by atoms with van der Waals surface area (Å²) in [4.78, 5) is 14.3. The molecule has 1 heterocycles. The Balaban J connectivity index is 1.56. The number of nitrogen functional groups attached to an aromatic ring is 1. The summed E-state index contributed by atoms with van der Waals surface area (Å²) in [7, 11) is 1.48. The lowest BCUT2D eigenvalue weighted by Gasteiger charge is -2.18. The third kappa shape index (κ3) is 4.49. The van der Waals surface area contributed by atoms with Crippen LogP contribution in [0, 0.1) is 0 Å². The second-order valence-corrected chi connectivity index (χ2v) is 7.53. The van der Waals surface area contributed by atoms with Crippen LogP contribution in [0.1, 0.15) is 23.5 Å². The Kier molecular flexibility index (Phi) is 5.69. The molecule has 0 saturated carbocycles. The lowest BCUT2D eigenvalue weighted by atomic mass is 9.98. The Hall–Kier alpha value is -3.68. The molecule has 166 valence electrons. The van der Waals surface area contributed by atoms with Gasteiger partial charge in [0.2, 0.25) is 5.91 Å². The second kappa shape index (κ2) is 8.45. The maximum absolute atomic E-state index is 12.8. The van der Waals surface area contributed by atoms with Crippen molar-refractivity contribution in [1.29, 1.82) is 0 Å². The number of carbonyl (C=O) groups excluding carboxylic acids is 1. The molecule has 4 rings (SSSR count). The summed E-state index contributed by atoms with van der Waals surface area (Å²) in [5.41, 5.74) is 7.28. The molecule has 1 fully saturated rings. The van der Waals surface area contributed by atoms with Gasteiger partial charge in [0.1, 0.15) is 5.75 Å². The van der Waals surface area contributed by atoms with Gasteiger partial charge < -0.3 is 20.1 Å². The van der Waals surface area contributed by atoms with Gasteiger partial charge in [-0.25, -0.2) is 0 Å². The van der Waals surface area contributed by atoms with Crippen LogP contribution in [0.5, 0.6) is 17.2 Å². The van der Waals surface area contributed by atoms with E-state index in [1.165, 1.54) is 19.2 Å². The van der Waals surface area contributed by atoms with Crippen molar-refractivity contribution in [3.05, 3.63) is 77.9 Å². The zero-order valence-electron chi connectivity index (χ0n) is 17.2. The number of ether oxygens (including phenoxy) is 2. The maximum atomic E-state index is 12.8. The number of alkyl halides is 3. The highest BCUT2D eigenvalue weighted by atomic mass is 19.4. The number of hydrogen-bond acceptors (Lipinski definition) is 4. The van der Waals surface area contributed by atoms with Crippen LogP contribution in [0.15, 0.2) is 66.7 Å². The van der Waals surface area contributed by atoms with Crippen molar-refractivity contribution in [2.75, 3.05) is 24.3 Å². The van der Waals surface area contributed by atoms with Crippen LogP contribution in [0.2, 0.25) is 0 Å². The average Bonchev–Trinajstić information content (AvgIpc) is 3.15. The van der Waals surface area contributed by atoms with E-state index in [0.717, 1.165) is 23.4 Å². The molecule has 1 aliphatic heterocycles. The predicted octanol–water partition coefficient (Wildman–Crippen LogP) is 5.61. The van der Waals surface area contributed by atoms with E-state index < -0.39 is 11.7 Å². The summed E-state index contributed by atoms with van der Waals surface area (Å²) < 4.78 is 49.6.